The first-order valence-electron chi connectivity index (χ1n) is 3.46. The first kappa shape index (κ1) is 8.08. The maximum absolute atomic E-state index is 8.63. The summed E-state index contributed by atoms with van der Waals surface area (Å²) < 4.78 is 5.94. The molecular formula is C8H4BrN3O. The third-order valence-corrected chi connectivity index (χ3v) is 2.07. The monoisotopic (exact) mass is 237 g/mol. The lowest BCUT2D eigenvalue weighted by molar-refractivity contribution is 0.600. The number of nitriles is 1. The molecule has 0 aromatic carbocycles. The standard InChI is InChI=1S/C8H4BrN3O/c9-4-1-5-8(12-3-4)7(11)6(2-10)13-5/h1,3H,11H2. The lowest BCUT2D eigenvalue weighted by Crippen LogP contribution is -1.86. The predicted octanol–water partition coefficient (Wildman–Crippen LogP) is 2.04. The lowest BCUT2D eigenvalue weighted by atomic mass is 10.3. The average molecular weight is 238 g/mol. The summed E-state index contributed by atoms with van der Waals surface area (Å²) in [5.41, 5.74) is 6.95. The van der Waals surface area contributed by atoms with Gasteiger partial charge in [-0.1, -0.05) is 0 Å². The molecule has 13 heavy (non-hydrogen) atoms. The number of furan rings is 1. The molecule has 0 atom stereocenters. The Morgan fingerprint density at radius 3 is 3.08 bits per heavy atom. The second kappa shape index (κ2) is 2.75. The fraction of sp³-hybridized carbons (Fsp3) is 0. The number of nitrogen functional groups attached to an aromatic ring is 1. The van der Waals surface area contributed by atoms with Gasteiger partial charge >= 0.3 is 0 Å². The number of halogens is 1. The largest absolute Gasteiger partial charge is 0.442 e. The van der Waals surface area contributed by atoms with E-state index in [-0.39, 0.29) is 5.76 Å². The number of nitrogens with two attached hydrogens (primary N) is 1. The van der Waals surface area contributed by atoms with Crippen LogP contribution in [0.2, 0.25) is 0 Å². The van der Waals surface area contributed by atoms with E-state index in [2.05, 4.69) is 20.9 Å². The Hall–Kier alpha value is -1.54. The van der Waals surface area contributed by atoms with E-state index in [1.54, 1.807) is 12.3 Å². The molecule has 2 rings (SSSR count). The Balaban J connectivity index is 2.86. The van der Waals surface area contributed by atoms with Crippen molar-refractivity contribution in [3.8, 4) is 6.07 Å². The summed E-state index contributed by atoms with van der Waals surface area (Å²) in [4.78, 5) is 4.03. The summed E-state index contributed by atoms with van der Waals surface area (Å²) in [6.07, 6.45) is 1.61. The molecular weight excluding hydrogens is 234 g/mol. The van der Waals surface area contributed by atoms with Crippen LogP contribution in [0.1, 0.15) is 5.76 Å². The van der Waals surface area contributed by atoms with Crippen LogP contribution < -0.4 is 5.73 Å². The van der Waals surface area contributed by atoms with Crippen LogP contribution in [0.15, 0.2) is 21.2 Å². The van der Waals surface area contributed by atoms with Gasteiger partial charge in [0.05, 0.1) is 0 Å². The smallest absolute Gasteiger partial charge is 0.229 e. The van der Waals surface area contributed by atoms with Crippen LogP contribution in [0, 0.1) is 11.3 Å². The van der Waals surface area contributed by atoms with Gasteiger partial charge < -0.3 is 10.2 Å². The molecule has 0 aliphatic heterocycles. The fourth-order valence-corrected chi connectivity index (χ4v) is 1.37. The number of pyridine rings is 1. The topological polar surface area (TPSA) is 75.8 Å². The van der Waals surface area contributed by atoms with E-state index in [0.29, 0.717) is 16.8 Å². The molecule has 0 fully saturated rings. The van der Waals surface area contributed by atoms with Crippen LogP contribution >= 0.6 is 15.9 Å². The van der Waals surface area contributed by atoms with Gasteiger partial charge in [0, 0.05) is 10.7 Å². The summed E-state index contributed by atoms with van der Waals surface area (Å²) in [5.74, 6) is 0.112. The molecule has 0 amide bonds. The van der Waals surface area contributed by atoms with E-state index in [1.165, 1.54) is 0 Å². The first-order valence-corrected chi connectivity index (χ1v) is 4.25. The van der Waals surface area contributed by atoms with Crippen LogP contribution in [0.4, 0.5) is 5.69 Å². The minimum atomic E-state index is 0.112. The van der Waals surface area contributed by atoms with E-state index in [9.17, 15) is 0 Å². The molecule has 0 saturated carbocycles. The van der Waals surface area contributed by atoms with Gasteiger partial charge in [-0.05, 0) is 22.0 Å². The number of hydrogen-bond donors (Lipinski definition) is 1. The minimum Gasteiger partial charge on any atom is -0.442 e. The SMILES string of the molecule is N#Cc1oc2cc(Br)cnc2c1N. The van der Waals surface area contributed by atoms with Gasteiger partial charge in [0.1, 0.15) is 17.3 Å². The van der Waals surface area contributed by atoms with Crippen molar-refractivity contribution < 1.29 is 4.42 Å². The van der Waals surface area contributed by atoms with Crippen molar-refractivity contribution in [1.82, 2.24) is 4.98 Å². The Morgan fingerprint density at radius 2 is 2.38 bits per heavy atom. The van der Waals surface area contributed by atoms with E-state index in [4.69, 9.17) is 15.4 Å². The van der Waals surface area contributed by atoms with Crippen molar-refractivity contribution in [2.45, 2.75) is 0 Å². The molecule has 5 heteroatoms. The average Bonchev–Trinajstić information content (AvgIpc) is 2.42. The highest BCUT2D eigenvalue weighted by Crippen LogP contribution is 2.27. The maximum atomic E-state index is 8.63. The highest BCUT2D eigenvalue weighted by atomic mass is 79.9. The third kappa shape index (κ3) is 1.15. The zero-order chi connectivity index (χ0) is 9.42. The number of anilines is 1. The molecule has 2 heterocycles. The summed E-state index contributed by atoms with van der Waals surface area (Å²) >= 11 is 3.24. The molecule has 2 aromatic rings. The lowest BCUT2D eigenvalue weighted by Gasteiger charge is -1.88. The van der Waals surface area contributed by atoms with Gasteiger partial charge in [0.2, 0.25) is 5.76 Å². The van der Waals surface area contributed by atoms with Gasteiger partial charge in [0.25, 0.3) is 0 Å². The van der Waals surface area contributed by atoms with Crippen molar-refractivity contribution >= 4 is 32.7 Å². The predicted molar refractivity (Wildman–Crippen MR) is 50.8 cm³/mol. The summed E-state index contributed by atoms with van der Waals surface area (Å²) in [7, 11) is 0. The summed E-state index contributed by atoms with van der Waals surface area (Å²) in [5, 5.41) is 8.63. The van der Waals surface area contributed by atoms with E-state index in [0.717, 1.165) is 4.47 Å². The van der Waals surface area contributed by atoms with Gasteiger partial charge in [0.15, 0.2) is 5.58 Å². The van der Waals surface area contributed by atoms with Crippen LogP contribution in [-0.2, 0) is 0 Å². The second-order valence-electron chi connectivity index (χ2n) is 2.46. The molecule has 0 aliphatic rings. The minimum absolute atomic E-state index is 0.112. The molecule has 0 spiro atoms. The zero-order valence-corrected chi connectivity index (χ0v) is 8.00. The van der Waals surface area contributed by atoms with Crippen molar-refractivity contribution in [2.24, 2.45) is 0 Å². The highest BCUT2D eigenvalue weighted by molar-refractivity contribution is 9.10. The molecule has 0 radical (unpaired) electrons. The van der Waals surface area contributed by atoms with Gasteiger partial charge in [-0.25, -0.2) is 4.98 Å². The van der Waals surface area contributed by atoms with Crippen molar-refractivity contribution in [3.05, 3.63) is 22.5 Å². The van der Waals surface area contributed by atoms with Crippen LogP contribution in [0.25, 0.3) is 11.1 Å². The van der Waals surface area contributed by atoms with E-state index >= 15 is 0 Å². The second-order valence-corrected chi connectivity index (χ2v) is 3.37. The Bertz CT molecular complexity index is 512. The van der Waals surface area contributed by atoms with Gasteiger partial charge in [-0.2, -0.15) is 5.26 Å². The van der Waals surface area contributed by atoms with Crippen molar-refractivity contribution in [3.63, 3.8) is 0 Å². The number of rotatable bonds is 0. The van der Waals surface area contributed by atoms with Gasteiger partial charge in [-0.15, -0.1) is 0 Å². The molecule has 0 unspecified atom stereocenters. The molecule has 2 aromatic heterocycles. The van der Waals surface area contributed by atoms with E-state index in [1.807, 2.05) is 6.07 Å². The molecule has 0 aliphatic carbocycles. The van der Waals surface area contributed by atoms with Crippen LogP contribution in [0.5, 0.6) is 0 Å². The Morgan fingerprint density at radius 1 is 1.62 bits per heavy atom. The number of nitrogens with zero attached hydrogens (tertiary/aromatic N) is 2. The van der Waals surface area contributed by atoms with Gasteiger partial charge in [-0.3, -0.25) is 0 Å². The molecule has 0 bridgehead atoms. The number of aromatic nitrogens is 1. The first-order chi connectivity index (χ1) is 6.22. The number of fused-ring (bicyclic) bond motifs is 1. The van der Waals surface area contributed by atoms with Crippen LogP contribution in [0.3, 0.4) is 0 Å². The molecule has 0 saturated heterocycles. The summed E-state index contributed by atoms with van der Waals surface area (Å²) in [6.45, 7) is 0. The van der Waals surface area contributed by atoms with Crippen molar-refractivity contribution in [1.29, 1.82) is 5.26 Å². The zero-order valence-electron chi connectivity index (χ0n) is 6.41. The van der Waals surface area contributed by atoms with Crippen molar-refractivity contribution in [2.75, 3.05) is 5.73 Å². The summed E-state index contributed by atoms with van der Waals surface area (Å²) in [6, 6.07) is 3.58. The molecule has 4 nitrogen and oxygen atoms in total. The maximum Gasteiger partial charge on any atom is 0.229 e. The Kier molecular flexibility index (Phi) is 1.71. The fourth-order valence-electron chi connectivity index (χ4n) is 1.06. The van der Waals surface area contributed by atoms with E-state index < -0.39 is 0 Å². The van der Waals surface area contributed by atoms with Crippen LogP contribution in [-0.4, -0.2) is 4.98 Å². The highest BCUT2D eigenvalue weighted by Gasteiger charge is 2.11. The number of hydrogen-bond acceptors (Lipinski definition) is 4. The molecule has 64 valence electrons. The third-order valence-electron chi connectivity index (χ3n) is 1.63. The Labute approximate surface area is 82.1 Å². The molecule has 2 N–H and O–H groups in total. The normalized spacial score (nSPS) is 10.2. The quantitative estimate of drug-likeness (QED) is 0.761.